The summed E-state index contributed by atoms with van der Waals surface area (Å²) in [6, 6.07) is 9.91. The molecule has 0 unspecified atom stereocenters. The van der Waals surface area contributed by atoms with E-state index in [2.05, 4.69) is 15.5 Å². The first-order valence-corrected chi connectivity index (χ1v) is 9.66. The molecule has 1 aromatic carbocycles. The highest BCUT2D eigenvalue weighted by Gasteiger charge is 2.38. The molecule has 2 fully saturated rings. The summed E-state index contributed by atoms with van der Waals surface area (Å²) in [5, 5.41) is 6.88. The zero-order valence-electron chi connectivity index (χ0n) is 15.3. The van der Waals surface area contributed by atoms with Gasteiger partial charge in [0.15, 0.2) is 5.82 Å². The lowest BCUT2D eigenvalue weighted by atomic mass is 10.1. The van der Waals surface area contributed by atoms with E-state index in [4.69, 9.17) is 4.52 Å². The molecule has 2 amide bonds. The minimum Gasteiger partial charge on any atom is -0.355 e. The van der Waals surface area contributed by atoms with E-state index in [1.54, 1.807) is 0 Å². The highest BCUT2D eigenvalue weighted by atomic mass is 16.5. The molecule has 4 rings (SSSR count). The van der Waals surface area contributed by atoms with Crippen LogP contribution in [-0.2, 0) is 16.0 Å². The molecule has 2 heterocycles. The normalized spacial score (nSPS) is 20.4. The van der Waals surface area contributed by atoms with Crippen LogP contribution in [0, 0.1) is 5.92 Å². The first-order valence-electron chi connectivity index (χ1n) is 9.66. The molecular weight excluding hydrogens is 344 g/mol. The molecule has 1 aromatic heterocycles. The second-order valence-electron chi connectivity index (χ2n) is 7.31. The average molecular weight is 368 g/mol. The molecule has 2 aromatic rings. The molecule has 1 aliphatic carbocycles. The number of rotatable bonds is 6. The molecule has 0 spiro atoms. The van der Waals surface area contributed by atoms with Gasteiger partial charge in [-0.05, 0) is 25.0 Å². The molecule has 1 saturated carbocycles. The number of carbonyl (C=O) groups excluding carboxylic acids is 2. The van der Waals surface area contributed by atoms with Gasteiger partial charge < -0.3 is 14.7 Å². The summed E-state index contributed by atoms with van der Waals surface area (Å²) >= 11 is 0. The van der Waals surface area contributed by atoms with Crippen LogP contribution in [0.25, 0.3) is 11.5 Å². The quantitative estimate of drug-likeness (QED) is 0.844. The summed E-state index contributed by atoms with van der Waals surface area (Å²) in [4.78, 5) is 30.9. The van der Waals surface area contributed by atoms with Gasteiger partial charge in [0.05, 0.1) is 5.92 Å². The van der Waals surface area contributed by atoms with Gasteiger partial charge in [-0.1, -0.05) is 36.2 Å². The van der Waals surface area contributed by atoms with Crippen molar-refractivity contribution in [1.82, 2.24) is 20.4 Å². The minimum absolute atomic E-state index is 0.0596. The molecule has 142 valence electrons. The van der Waals surface area contributed by atoms with Crippen molar-refractivity contribution in [2.75, 3.05) is 13.1 Å². The molecule has 7 nitrogen and oxygen atoms in total. The van der Waals surface area contributed by atoms with Crippen LogP contribution in [0.15, 0.2) is 34.9 Å². The number of nitrogens with zero attached hydrogens (tertiary/aromatic N) is 3. The van der Waals surface area contributed by atoms with Crippen LogP contribution in [-0.4, -0.2) is 46.0 Å². The molecule has 0 radical (unpaired) electrons. The van der Waals surface area contributed by atoms with Crippen LogP contribution in [0.3, 0.4) is 0 Å². The number of carbonyl (C=O) groups is 2. The third-order valence-corrected chi connectivity index (χ3v) is 5.43. The van der Waals surface area contributed by atoms with Gasteiger partial charge in [-0.15, -0.1) is 0 Å². The number of benzene rings is 1. The second kappa shape index (κ2) is 7.90. The zero-order chi connectivity index (χ0) is 18.6. The first-order chi connectivity index (χ1) is 13.2. The van der Waals surface area contributed by atoms with Crippen molar-refractivity contribution in [2.24, 2.45) is 5.92 Å². The minimum atomic E-state index is -0.247. The standard InChI is InChI=1S/C20H24N4O3/c25-18-12-15(13-24(18)16-8-4-5-9-16)19(26)21-11-10-17-22-20(27-23-17)14-6-2-1-3-7-14/h1-3,6-7,15-16H,4-5,8-13H2,(H,21,26)/t15-/m0/s1. The smallest absolute Gasteiger partial charge is 0.257 e. The van der Waals surface area contributed by atoms with Crippen molar-refractivity contribution in [3.8, 4) is 11.5 Å². The Morgan fingerprint density at radius 2 is 2.00 bits per heavy atom. The van der Waals surface area contributed by atoms with E-state index in [0.29, 0.717) is 43.7 Å². The number of likely N-dealkylation sites (tertiary alicyclic amines) is 1. The Bertz CT molecular complexity index is 799. The number of nitrogens with one attached hydrogen (secondary N) is 1. The summed E-state index contributed by atoms with van der Waals surface area (Å²) < 4.78 is 5.27. The van der Waals surface area contributed by atoms with Crippen molar-refractivity contribution in [1.29, 1.82) is 0 Å². The van der Waals surface area contributed by atoms with Gasteiger partial charge in [0.1, 0.15) is 0 Å². The molecule has 2 aliphatic rings. The maximum atomic E-state index is 12.4. The predicted octanol–water partition coefficient (Wildman–Crippen LogP) is 2.19. The van der Waals surface area contributed by atoms with Gasteiger partial charge in [-0.25, -0.2) is 0 Å². The summed E-state index contributed by atoms with van der Waals surface area (Å²) in [7, 11) is 0. The van der Waals surface area contributed by atoms with Gasteiger partial charge >= 0.3 is 0 Å². The van der Waals surface area contributed by atoms with Crippen LogP contribution in [0.4, 0.5) is 0 Å². The molecule has 1 aliphatic heterocycles. The van der Waals surface area contributed by atoms with Crippen molar-refractivity contribution in [3.05, 3.63) is 36.2 Å². The Morgan fingerprint density at radius 1 is 1.22 bits per heavy atom. The Hall–Kier alpha value is -2.70. The van der Waals surface area contributed by atoms with Crippen LogP contribution in [0.2, 0.25) is 0 Å². The number of hydrogen-bond acceptors (Lipinski definition) is 5. The third kappa shape index (κ3) is 4.02. The second-order valence-corrected chi connectivity index (χ2v) is 7.31. The lowest BCUT2D eigenvalue weighted by Gasteiger charge is -2.23. The molecule has 1 atom stereocenters. The van der Waals surface area contributed by atoms with E-state index in [-0.39, 0.29) is 17.7 Å². The molecule has 7 heteroatoms. The lowest BCUT2D eigenvalue weighted by Crippen LogP contribution is -2.37. The van der Waals surface area contributed by atoms with Crippen molar-refractivity contribution in [3.63, 3.8) is 0 Å². The van der Waals surface area contributed by atoms with Gasteiger partial charge in [0.2, 0.25) is 11.8 Å². The van der Waals surface area contributed by atoms with Crippen LogP contribution < -0.4 is 5.32 Å². The molecule has 1 N–H and O–H groups in total. The van der Waals surface area contributed by atoms with E-state index < -0.39 is 0 Å². The number of hydrogen-bond donors (Lipinski definition) is 1. The van der Waals surface area contributed by atoms with Gasteiger partial charge in [-0.2, -0.15) is 4.98 Å². The van der Waals surface area contributed by atoms with Crippen LogP contribution >= 0.6 is 0 Å². The maximum Gasteiger partial charge on any atom is 0.257 e. The van der Waals surface area contributed by atoms with Gasteiger partial charge in [0, 0.05) is 37.5 Å². The fourth-order valence-corrected chi connectivity index (χ4v) is 3.97. The molecule has 27 heavy (non-hydrogen) atoms. The highest BCUT2D eigenvalue weighted by molar-refractivity contribution is 5.89. The summed E-state index contributed by atoms with van der Waals surface area (Å²) in [5.41, 5.74) is 0.872. The van der Waals surface area contributed by atoms with Crippen molar-refractivity contribution >= 4 is 11.8 Å². The fourth-order valence-electron chi connectivity index (χ4n) is 3.97. The fraction of sp³-hybridized carbons (Fsp3) is 0.500. The Balaban J connectivity index is 1.25. The first kappa shape index (κ1) is 17.7. The van der Waals surface area contributed by atoms with E-state index >= 15 is 0 Å². The average Bonchev–Trinajstić information content (AvgIpc) is 3.43. The summed E-state index contributed by atoms with van der Waals surface area (Å²) in [6.45, 7) is 0.983. The van der Waals surface area contributed by atoms with Crippen LogP contribution in [0.5, 0.6) is 0 Å². The third-order valence-electron chi connectivity index (χ3n) is 5.43. The molecular formula is C20H24N4O3. The van der Waals surface area contributed by atoms with Crippen LogP contribution in [0.1, 0.15) is 37.9 Å². The zero-order valence-corrected chi connectivity index (χ0v) is 15.3. The SMILES string of the molecule is O=C(NCCc1noc(-c2ccccc2)n1)[C@H]1CC(=O)N(C2CCCC2)C1. The summed E-state index contributed by atoms with van der Waals surface area (Å²) in [5.74, 6) is 0.848. The van der Waals surface area contributed by atoms with Gasteiger partial charge in [0.25, 0.3) is 5.89 Å². The summed E-state index contributed by atoms with van der Waals surface area (Å²) in [6.07, 6.45) is 5.32. The Morgan fingerprint density at radius 3 is 2.78 bits per heavy atom. The number of aromatic nitrogens is 2. The highest BCUT2D eigenvalue weighted by Crippen LogP contribution is 2.29. The Labute approximate surface area is 158 Å². The van der Waals surface area contributed by atoms with E-state index in [1.165, 1.54) is 12.8 Å². The molecule has 1 saturated heterocycles. The topological polar surface area (TPSA) is 88.3 Å². The van der Waals surface area contributed by atoms with E-state index in [0.717, 1.165) is 18.4 Å². The Kier molecular flexibility index (Phi) is 5.18. The monoisotopic (exact) mass is 368 g/mol. The number of amides is 2. The van der Waals surface area contributed by atoms with Crippen molar-refractivity contribution < 1.29 is 14.1 Å². The largest absolute Gasteiger partial charge is 0.355 e. The maximum absolute atomic E-state index is 12.4. The van der Waals surface area contributed by atoms with Crippen molar-refractivity contribution in [2.45, 2.75) is 44.6 Å². The van der Waals surface area contributed by atoms with E-state index in [9.17, 15) is 9.59 Å². The predicted molar refractivity (Wildman–Crippen MR) is 98.5 cm³/mol. The van der Waals surface area contributed by atoms with E-state index in [1.807, 2.05) is 35.2 Å². The van der Waals surface area contributed by atoms with Gasteiger partial charge in [-0.3, -0.25) is 9.59 Å². The molecule has 0 bridgehead atoms. The lowest BCUT2D eigenvalue weighted by molar-refractivity contribution is -0.130.